The zero-order chi connectivity index (χ0) is 41.0. The molecule has 8 nitrogen and oxygen atoms in total. The van der Waals surface area contributed by atoms with Crippen LogP contribution in [0.25, 0.3) is 22.3 Å². The molecule has 5 aliphatic heterocycles. The van der Waals surface area contributed by atoms with Crippen LogP contribution >= 0.6 is 0 Å². The van der Waals surface area contributed by atoms with Gasteiger partial charge in [0.1, 0.15) is 0 Å². The molecule has 0 spiro atoms. The van der Waals surface area contributed by atoms with Crippen LogP contribution in [0.2, 0.25) is 0 Å². The van der Waals surface area contributed by atoms with Crippen LogP contribution < -0.4 is 18.3 Å². The van der Waals surface area contributed by atoms with Crippen LogP contribution in [0.15, 0.2) is 240 Å². The van der Waals surface area contributed by atoms with Crippen molar-refractivity contribution in [3.8, 4) is 0 Å². The lowest BCUT2D eigenvalue weighted by Gasteiger charge is -2.11. The van der Waals surface area contributed by atoms with E-state index in [2.05, 4.69) is 167 Å². The number of allylic oxidation sites excluding steroid dienone is 16. The van der Waals surface area contributed by atoms with Crippen molar-refractivity contribution in [3.05, 3.63) is 242 Å². The van der Waals surface area contributed by atoms with E-state index >= 15 is 0 Å². The van der Waals surface area contributed by atoms with Gasteiger partial charge in [-0.2, -0.15) is 18.3 Å². The molecule has 4 aromatic rings. The summed E-state index contributed by atoms with van der Waals surface area (Å²) in [6.45, 7) is 18.7. The van der Waals surface area contributed by atoms with E-state index in [1.54, 1.807) is 0 Å². The van der Waals surface area contributed by atoms with Gasteiger partial charge in [-0.25, -0.2) is 20.0 Å². The van der Waals surface area contributed by atoms with Crippen molar-refractivity contribution in [2.75, 3.05) is 0 Å². The minimum Gasteiger partial charge on any atom is -0.247 e. The predicted octanol–water partition coefficient (Wildman–Crippen LogP) is 7.58. The first-order valence-electron chi connectivity index (χ1n) is 20.0. The zero-order valence-electron chi connectivity index (χ0n) is 33.4. The monoisotopic (exact) mass is 780 g/mol. The summed E-state index contributed by atoms with van der Waals surface area (Å²) in [6, 6.07) is 24.8. The largest absolute Gasteiger partial charge is 0.247 e. The summed E-state index contributed by atoms with van der Waals surface area (Å²) in [5.41, 5.74) is 13.8. The molecule has 0 atom stereocenters. The summed E-state index contributed by atoms with van der Waals surface area (Å²) in [5, 5.41) is 0. The number of aliphatic imine (C=N–C) groups is 4. The number of rotatable bonds is 12. The van der Waals surface area contributed by atoms with Crippen molar-refractivity contribution in [2.24, 2.45) is 20.0 Å². The average molecular weight is 781 g/mol. The standard InChI is InChI=1S/C52H44N8/c1-5-29-57-33-13-9-17-45(57)49-37-21-23-39(53-37)50(46-18-10-14-34-58(46)30-6-2)41-25-27-43(55-41)52(48-20-12-16-36-60(48)32-8-4)44-28-26-42(56-44)51(40-24-22-38(49)54-40)47-19-11-15-35-59(47)31-7-3/h5-28,33-36H,1-4,29-32H2/q+4. The van der Waals surface area contributed by atoms with Crippen molar-refractivity contribution in [2.45, 2.75) is 26.2 Å². The van der Waals surface area contributed by atoms with E-state index < -0.39 is 0 Å². The van der Waals surface area contributed by atoms with Crippen LogP contribution in [0.5, 0.6) is 0 Å². The summed E-state index contributed by atoms with van der Waals surface area (Å²) in [6.07, 6.45) is 32.7. The Hall–Kier alpha value is -7.84. The molecule has 0 fully saturated rings. The quantitative estimate of drug-likeness (QED) is 0.105. The molecule has 0 radical (unpaired) electrons. The third-order valence-electron chi connectivity index (χ3n) is 10.7. The highest BCUT2D eigenvalue weighted by Gasteiger charge is 2.34. The van der Waals surface area contributed by atoms with Gasteiger partial charge >= 0.3 is 0 Å². The Labute approximate surface area is 350 Å². The highest BCUT2D eigenvalue weighted by atomic mass is 15.0. The summed E-state index contributed by atoms with van der Waals surface area (Å²) < 4.78 is 8.72. The van der Waals surface area contributed by atoms with Crippen LogP contribution in [0, 0.1) is 0 Å². The Morgan fingerprint density at radius 2 is 0.567 bits per heavy atom. The first kappa shape index (κ1) is 37.7. The Morgan fingerprint density at radius 3 is 0.783 bits per heavy atom. The second kappa shape index (κ2) is 16.6. The Morgan fingerprint density at radius 1 is 0.333 bits per heavy atom. The molecule has 5 aliphatic rings. The molecule has 0 amide bonds. The fraction of sp³-hybridized carbons (Fsp3) is 0.0769. The molecule has 0 saturated heterocycles. The van der Waals surface area contributed by atoms with Crippen LogP contribution in [0.4, 0.5) is 0 Å². The lowest BCUT2D eigenvalue weighted by Crippen LogP contribution is -2.38. The van der Waals surface area contributed by atoms with Crippen molar-refractivity contribution in [1.29, 1.82) is 0 Å². The van der Waals surface area contributed by atoms with Gasteiger partial charge in [0.05, 0.1) is 67.9 Å². The fourth-order valence-electron chi connectivity index (χ4n) is 8.14. The second-order valence-electron chi connectivity index (χ2n) is 14.5. The second-order valence-corrected chi connectivity index (χ2v) is 14.5. The summed E-state index contributed by atoms with van der Waals surface area (Å²) in [7, 11) is 0. The van der Waals surface area contributed by atoms with E-state index in [4.69, 9.17) is 20.0 Å². The summed E-state index contributed by atoms with van der Waals surface area (Å²) in [5.74, 6) is 0. The number of hydrogen-bond donors (Lipinski definition) is 0. The van der Waals surface area contributed by atoms with E-state index in [-0.39, 0.29) is 0 Å². The molecule has 0 unspecified atom stereocenters. The van der Waals surface area contributed by atoms with E-state index in [1.165, 1.54) is 0 Å². The molecule has 288 valence electrons. The molecule has 0 aliphatic carbocycles. The molecule has 60 heavy (non-hydrogen) atoms. The number of aromatic nitrogens is 4. The Balaban J connectivity index is 1.41. The summed E-state index contributed by atoms with van der Waals surface area (Å²) in [4.78, 5) is 21.9. The van der Waals surface area contributed by atoms with Gasteiger partial charge in [-0.05, 0) is 97.2 Å². The Kier molecular flexibility index (Phi) is 10.4. The molecule has 8 bridgehead atoms. The third-order valence-corrected chi connectivity index (χ3v) is 10.7. The number of pyridine rings is 4. The van der Waals surface area contributed by atoms with Gasteiger partial charge in [0.25, 0.3) is 0 Å². The minimum atomic E-state index is 0.611. The number of fused-ring (bicyclic) bond motifs is 4. The molecular weight excluding hydrogens is 737 g/mol. The minimum absolute atomic E-state index is 0.611. The van der Waals surface area contributed by atoms with E-state index in [9.17, 15) is 0 Å². The van der Waals surface area contributed by atoms with Crippen molar-refractivity contribution < 1.29 is 18.3 Å². The van der Waals surface area contributed by atoms with Gasteiger partial charge in [-0.3, -0.25) is 0 Å². The SMILES string of the molecule is C=CC[n+]1ccccc1C1=C2C=CC(=N2)C(c2cccc[n+]2CC=C)=C2C=CC(=N2)C(c2cccc[n+]2CC=C)=C2C=CC(=N2)C(c2cccc[n+]2CC=C)=C2C=CC1=N2. The van der Waals surface area contributed by atoms with E-state index in [0.29, 0.717) is 26.2 Å². The fourth-order valence-corrected chi connectivity index (χ4v) is 8.14. The van der Waals surface area contributed by atoms with Crippen LogP contribution in [-0.4, -0.2) is 22.8 Å². The van der Waals surface area contributed by atoms with Crippen LogP contribution in [-0.2, 0) is 26.2 Å². The van der Waals surface area contributed by atoms with Crippen LogP contribution in [0.3, 0.4) is 0 Å². The van der Waals surface area contributed by atoms with Crippen LogP contribution in [0.1, 0.15) is 22.8 Å². The smallest absolute Gasteiger partial charge is 0.217 e. The predicted molar refractivity (Wildman–Crippen MR) is 241 cm³/mol. The van der Waals surface area contributed by atoms with Gasteiger partial charge in [0.2, 0.25) is 22.8 Å². The Bertz CT molecular complexity index is 2530. The van der Waals surface area contributed by atoms with Gasteiger partial charge in [0, 0.05) is 48.5 Å². The lowest BCUT2D eigenvalue weighted by atomic mass is 10.0. The maximum Gasteiger partial charge on any atom is 0.217 e. The van der Waals surface area contributed by atoms with Gasteiger partial charge in [0.15, 0.2) is 51.0 Å². The van der Waals surface area contributed by atoms with Crippen molar-refractivity contribution in [3.63, 3.8) is 0 Å². The number of nitrogens with zero attached hydrogens (tertiary/aromatic N) is 8. The summed E-state index contributed by atoms with van der Waals surface area (Å²) >= 11 is 0. The van der Waals surface area contributed by atoms with Gasteiger partial charge in [-0.1, -0.05) is 26.3 Å². The highest BCUT2D eigenvalue weighted by molar-refractivity contribution is 6.39. The first-order valence-corrected chi connectivity index (χ1v) is 20.0. The highest BCUT2D eigenvalue weighted by Crippen LogP contribution is 2.37. The van der Waals surface area contributed by atoms with Gasteiger partial charge in [-0.15, -0.1) is 0 Å². The topological polar surface area (TPSA) is 65.0 Å². The zero-order valence-corrected chi connectivity index (χ0v) is 33.4. The maximum atomic E-state index is 5.48. The molecule has 9 rings (SSSR count). The molecule has 0 aromatic carbocycles. The van der Waals surface area contributed by atoms with Crippen molar-refractivity contribution in [1.82, 2.24) is 0 Å². The van der Waals surface area contributed by atoms with Gasteiger partial charge < -0.3 is 0 Å². The molecule has 0 saturated carbocycles. The lowest BCUT2D eigenvalue weighted by molar-refractivity contribution is -0.689. The molecular formula is C52H44N8+4. The number of hydrogen-bond acceptors (Lipinski definition) is 4. The maximum absolute atomic E-state index is 5.48. The normalized spacial score (nSPS) is 16.4. The third kappa shape index (κ3) is 6.94. The van der Waals surface area contributed by atoms with E-state index in [0.717, 1.165) is 90.7 Å². The van der Waals surface area contributed by atoms with E-state index in [1.807, 2.05) is 48.6 Å². The van der Waals surface area contributed by atoms with Crippen molar-refractivity contribution >= 4 is 45.1 Å². The molecule has 8 heteroatoms. The molecule has 0 N–H and O–H groups in total. The average Bonchev–Trinajstić information content (AvgIpc) is 4.12. The molecule has 9 heterocycles. The first-order chi connectivity index (χ1) is 29.6. The molecule has 4 aromatic heterocycles.